The van der Waals surface area contributed by atoms with Gasteiger partial charge in [0.1, 0.15) is 0 Å². The molecular weight excluding hydrogens is 164 g/mol. The van der Waals surface area contributed by atoms with Gasteiger partial charge in [-0.1, -0.05) is 13.0 Å². The van der Waals surface area contributed by atoms with Gasteiger partial charge in [0, 0.05) is 12.8 Å². The van der Waals surface area contributed by atoms with Crippen LogP contribution in [0.25, 0.3) is 0 Å². The topological polar surface area (TPSA) is 66.9 Å². The molecule has 0 aromatic heterocycles. The highest BCUT2D eigenvalue weighted by Crippen LogP contribution is 2.36. The maximum Gasteiger partial charge on any atom is 0.178 e. The van der Waals surface area contributed by atoms with E-state index in [0.717, 1.165) is 12.8 Å². The van der Waals surface area contributed by atoms with E-state index in [9.17, 15) is 4.79 Å². The normalized spacial score (nSPS) is 28.0. The first-order chi connectivity index (χ1) is 6.07. The number of hydrogen-bond acceptors (Lipinski definition) is 3. The van der Waals surface area contributed by atoms with E-state index in [-0.39, 0.29) is 11.2 Å². The first-order valence-corrected chi connectivity index (χ1v) is 4.43. The third-order valence-electron chi connectivity index (χ3n) is 2.56. The fraction of sp³-hybridized carbons (Fsp3) is 0.600. The Morgan fingerprint density at radius 3 is 3.00 bits per heavy atom. The molecule has 0 saturated heterocycles. The Hall–Kier alpha value is -1.30. The zero-order valence-electron chi connectivity index (χ0n) is 7.84. The fourth-order valence-corrected chi connectivity index (χ4v) is 1.58. The van der Waals surface area contributed by atoms with E-state index in [2.05, 4.69) is 6.07 Å². The standard InChI is InChI=1S/C10H14N2O/c1-10(4-2-6-11)5-3-8(12)9(13)7-10/h3H,2,4-5,7,12H2,1H3. The van der Waals surface area contributed by atoms with Crippen LogP contribution in [0.15, 0.2) is 11.8 Å². The predicted molar refractivity (Wildman–Crippen MR) is 49.5 cm³/mol. The summed E-state index contributed by atoms with van der Waals surface area (Å²) in [6.07, 6.45) is 4.36. The van der Waals surface area contributed by atoms with Crippen LogP contribution in [-0.2, 0) is 4.79 Å². The molecule has 70 valence electrons. The van der Waals surface area contributed by atoms with E-state index in [0.29, 0.717) is 18.5 Å². The molecule has 3 heteroatoms. The molecule has 0 fully saturated rings. The minimum atomic E-state index is -0.0459. The summed E-state index contributed by atoms with van der Waals surface area (Å²) in [6.45, 7) is 2.03. The number of nitrogens with zero attached hydrogens (tertiary/aromatic N) is 1. The molecule has 1 aliphatic rings. The van der Waals surface area contributed by atoms with Gasteiger partial charge in [-0.3, -0.25) is 4.79 Å². The summed E-state index contributed by atoms with van der Waals surface area (Å²) in [4.78, 5) is 11.3. The number of hydrogen-bond donors (Lipinski definition) is 1. The number of nitriles is 1. The number of rotatable bonds is 2. The third kappa shape index (κ3) is 2.32. The smallest absolute Gasteiger partial charge is 0.178 e. The van der Waals surface area contributed by atoms with Crippen LogP contribution in [0, 0.1) is 16.7 Å². The summed E-state index contributed by atoms with van der Waals surface area (Å²) in [5, 5.41) is 8.45. The summed E-state index contributed by atoms with van der Waals surface area (Å²) in [7, 11) is 0. The van der Waals surface area contributed by atoms with E-state index in [1.807, 2.05) is 6.92 Å². The van der Waals surface area contributed by atoms with Crippen LogP contribution in [0.5, 0.6) is 0 Å². The molecule has 3 nitrogen and oxygen atoms in total. The SMILES string of the molecule is CC1(CCC#N)CC=C(N)C(=O)C1. The van der Waals surface area contributed by atoms with Crippen molar-refractivity contribution in [2.45, 2.75) is 32.6 Å². The summed E-state index contributed by atoms with van der Waals surface area (Å²) in [5.41, 5.74) is 5.81. The van der Waals surface area contributed by atoms with Crippen molar-refractivity contribution in [2.75, 3.05) is 0 Å². The second kappa shape index (κ2) is 3.61. The van der Waals surface area contributed by atoms with Crippen molar-refractivity contribution < 1.29 is 4.79 Å². The monoisotopic (exact) mass is 178 g/mol. The Bertz CT molecular complexity index is 288. The zero-order chi connectivity index (χ0) is 9.90. The number of carbonyl (C=O) groups excluding carboxylic acids is 1. The number of carbonyl (C=O) groups is 1. The molecule has 0 heterocycles. The molecule has 1 rings (SSSR count). The van der Waals surface area contributed by atoms with E-state index < -0.39 is 0 Å². The zero-order valence-corrected chi connectivity index (χ0v) is 7.84. The maximum absolute atomic E-state index is 11.3. The van der Waals surface area contributed by atoms with Crippen molar-refractivity contribution in [2.24, 2.45) is 11.1 Å². The Balaban J connectivity index is 2.64. The van der Waals surface area contributed by atoms with Gasteiger partial charge in [-0.05, 0) is 18.3 Å². The van der Waals surface area contributed by atoms with Crippen molar-refractivity contribution >= 4 is 5.78 Å². The molecule has 1 aliphatic carbocycles. The third-order valence-corrected chi connectivity index (χ3v) is 2.56. The lowest BCUT2D eigenvalue weighted by molar-refractivity contribution is -0.118. The van der Waals surface area contributed by atoms with Crippen LogP contribution < -0.4 is 5.73 Å². The van der Waals surface area contributed by atoms with Gasteiger partial charge in [0.2, 0.25) is 0 Å². The van der Waals surface area contributed by atoms with Gasteiger partial charge in [-0.15, -0.1) is 0 Å². The lowest BCUT2D eigenvalue weighted by Gasteiger charge is -2.30. The lowest BCUT2D eigenvalue weighted by Crippen LogP contribution is -2.28. The number of ketones is 1. The molecule has 2 N–H and O–H groups in total. The first-order valence-electron chi connectivity index (χ1n) is 4.43. The van der Waals surface area contributed by atoms with Gasteiger partial charge in [0.05, 0.1) is 11.8 Å². The number of nitrogens with two attached hydrogens (primary N) is 1. The predicted octanol–water partition coefficient (Wildman–Crippen LogP) is 1.50. The second-order valence-corrected chi connectivity index (χ2v) is 3.93. The summed E-state index contributed by atoms with van der Waals surface area (Å²) in [6, 6.07) is 2.10. The Labute approximate surface area is 78.2 Å². The number of allylic oxidation sites excluding steroid dienone is 2. The molecule has 0 bridgehead atoms. The minimum Gasteiger partial charge on any atom is -0.396 e. The number of Topliss-reactive ketones (excluding diaryl/α,β-unsaturated/α-hetero) is 1. The van der Waals surface area contributed by atoms with E-state index in [4.69, 9.17) is 11.0 Å². The lowest BCUT2D eigenvalue weighted by atomic mass is 9.74. The van der Waals surface area contributed by atoms with Crippen molar-refractivity contribution in [1.29, 1.82) is 5.26 Å². The van der Waals surface area contributed by atoms with Crippen molar-refractivity contribution in [1.82, 2.24) is 0 Å². The average Bonchev–Trinajstić information content (AvgIpc) is 2.09. The van der Waals surface area contributed by atoms with Crippen LogP contribution in [0.3, 0.4) is 0 Å². The van der Waals surface area contributed by atoms with Gasteiger partial charge in [0.25, 0.3) is 0 Å². The average molecular weight is 178 g/mol. The highest BCUT2D eigenvalue weighted by atomic mass is 16.1. The van der Waals surface area contributed by atoms with Crippen LogP contribution >= 0.6 is 0 Å². The molecular formula is C10H14N2O. The Morgan fingerprint density at radius 2 is 2.46 bits per heavy atom. The Morgan fingerprint density at radius 1 is 1.77 bits per heavy atom. The van der Waals surface area contributed by atoms with E-state index >= 15 is 0 Å². The maximum atomic E-state index is 11.3. The molecule has 0 spiro atoms. The largest absolute Gasteiger partial charge is 0.396 e. The highest BCUT2D eigenvalue weighted by Gasteiger charge is 2.30. The van der Waals surface area contributed by atoms with Crippen molar-refractivity contribution in [3.05, 3.63) is 11.8 Å². The molecule has 0 saturated carbocycles. The molecule has 13 heavy (non-hydrogen) atoms. The van der Waals surface area contributed by atoms with E-state index in [1.165, 1.54) is 0 Å². The molecule has 1 atom stereocenters. The van der Waals surface area contributed by atoms with Gasteiger partial charge in [-0.2, -0.15) is 5.26 Å². The Kier molecular flexibility index (Phi) is 2.72. The quantitative estimate of drug-likeness (QED) is 0.696. The van der Waals surface area contributed by atoms with Crippen LogP contribution in [0.1, 0.15) is 32.6 Å². The summed E-state index contributed by atoms with van der Waals surface area (Å²) < 4.78 is 0. The van der Waals surface area contributed by atoms with Gasteiger partial charge in [-0.25, -0.2) is 0 Å². The fourth-order valence-electron chi connectivity index (χ4n) is 1.58. The molecule has 1 unspecified atom stereocenters. The summed E-state index contributed by atoms with van der Waals surface area (Å²) in [5.74, 6) is 0.0201. The van der Waals surface area contributed by atoms with Crippen molar-refractivity contribution in [3.8, 4) is 6.07 Å². The molecule has 0 aromatic rings. The van der Waals surface area contributed by atoms with E-state index in [1.54, 1.807) is 6.08 Å². The van der Waals surface area contributed by atoms with Crippen LogP contribution in [-0.4, -0.2) is 5.78 Å². The van der Waals surface area contributed by atoms with Crippen LogP contribution in [0.4, 0.5) is 0 Å². The van der Waals surface area contributed by atoms with Gasteiger partial charge >= 0.3 is 0 Å². The van der Waals surface area contributed by atoms with Gasteiger partial charge in [0.15, 0.2) is 5.78 Å². The first kappa shape index (κ1) is 9.79. The molecule has 0 aromatic carbocycles. The van der Waals surface area contributed by atoms with Crippen LogP contribution in [0.2, 0.25) is 0 Å². The van der Waals surface area contributed by atoms with Crippen molar-refractivity contribution in [3.63, 3.8) is 0 Å². The van der Waals surface area contributed by atoms with Gasteiger partial charge < -0.3 is 5.73 Å². The second-order valence-electron chi connectivity index (χ2n) is 3.93. The molecule has 0 amide bonds. The molecule has 0 radical (unpaired) electrons. The summed E-state index contributed by atoms with van der Waals surface area (Å²) >= 11 is 0. The molecule has 0 aliphatic heterocycles. The minimum absolute atomic E-state index is 0.0201. The highest BCUT2D eigenvalue weighted by molar-refractivity contribution is 5.95.